The molecule has 1 aliphatic carbocycles. The summed E-state index contributed by atoms with van der Waals surface area (Å²) < 4.78 is 28.4. The minimum Gasteiger partial charge on any atom is -0.207 e. The average molecular weight is 413 g/mol. The summed E-state index contributed by atoms with van der Waals surface area (Å²) in [6, 6.07) is 3.27. The van der Waals surface area contributed by atoms with Crippen molar-refractivity contribution in [1.29, 1.82) is 0 Å². The van der Waals surface area contributed by atoms with Crippen LogP contribution in [0.15, 0.2) is 21.5 Å². The molecule has 1 heterocycles. The molecular weight excluding hydrogens is 397 g/mol. The lowest BCUT2D eigenvalue weighted by atomic mass is 9.94. The van der Waals surface area contributed by atoms with E-state index in [4.69, 9.17) is 23.2 Å². The van der Waals surface area contributed by atoms with Crippen molar-refractivity contribution in [1.82, 2.24) is 4.31 Å². The molecule has 0 spiro atoms. The third kappa shape index (κ3) is 2.88. The Hall–Kier alpha value is 0.190. The number of hydrogen-bond donors (Lipinski definition) is 0. The number of halogens is 3. The van der Waals surface area contributed by atoms with Crippen molar-refractivity contribution < 1.29 is 8.42 Å². The standard InChI is InChI=1S/C14H16BrCl2NO2S/c15-10-7-11(16)14(12(17)8-10)21(19,20)18-6-2-4-9-3-1-5-13(9)18/h7-9,13H,1-6H2. The molecule has 0 bridgehead atoms. The van der Waals surface area contributed by atoms with E-state index in [1.807, 2.05) is 0 Å². The van der Waals surface area contributed by atoms with Crippen molar-refractivity contribution in [2.75, 3.05) is 6.54 Å². The third-order valence-corrected chi connectivity index (χ3v) is 7.78. The average Bonchev–Trinajstić information content (AvgIpc) is 2.84. The number of piperidine rings is 1. The number of sulfonamides is 1. The maximum atomic E-state index is 13.0. The SMILES string of the molecule is O=S(=O)(c1c(Cl)cc(Br)cc1Cl)N1CCCC2CCCC21. The molecule has 116 valence electrons. The predicted molar refractivity (Wildman–Crippen MR) is 88.4 cm³/mol. The van der Waals surface area contributed by atoms with Crippen LogP contribution in [0.2, 0.25) is 10.0 Å². The van der Waals surface area contributed by atoms with Gasteiger partial charge < -0.3 is 0 Å². The van der Waals surface area contributed by atoms with Crippen LogP contribution in [0.3, 0.4) is 0 Å². The van der Waals surface area contributed by atoms with Crippen LogP contribution < -0.4 is 0 Å². The monoisotopic (exact) mass is 411 g/mol. The lowest BCUT2D eigenvalue weighted by Gasteiger charge is -2.37. The van der Waals surface area contributed by atoms with Gasteiger partial charge in [0.2, 0.25) is 10.0 Å². The topological polar surface area (TPSA) is 37.4 Å². The Morgan fingerprint density at radius 1 is 1.10 bits per heavy atom. The number of hydrogen-bond acceptors (Lipinski definition) is 2. The maximum Gasteiger partial charge on any atom is 0.246 e. The molecule has 3 nitrogen and oxygen atoms in total. The van der Waals surface area contributed by atoms with E-state index in [0.717, 1.165) is 32.1 Å². The molecule has 2 aliphatic rings. The van der Waals surface area contributed by atoms with Crippen molar-refractivity contribution in [3.63, 3.8) is 0 Å². The van der Waals surface area contributed by atoms with E-state index in [9.17, 15) is 8.42 Å². The van der Waals surface area contributed by atoms with Gasteiger partial charge in [0.25, 0.3) is 0 Å². The van der Waals surface area contributed by atoms with Crippen LogP contribution in [0.1, 0.15) is 32.1 Å². The van der Waals surface area contributed by atoms with Crippen LogP contribution >= 0.6 is 39.1 Å². The molecule has 1 aromatic carbocycles. The molecule has 2 fully saturated rings. The highest BCUT2D eigenvalue weighted by molar-refractivity contribution is 9.10. The van der Waals surface area contributed by atoms with E-state index in [1.54, 1.807) is 16.4 Å². The number of rotatable bonds is 2. The van der Waals surface area contributed by atoms with Crippen molar-refractivity contribution in [3.05, 3.63) is 26.7 Å². The summed E-state index contributed by atoms with van der Waals surface area (Å²) in [5.74, 6) is 0.488. The maximum absolute atomic E-state index is 13.0. The zero-order chi connectivity index (χ0) is 15.2. The van der Waals surface area contributed by atoms with Gasteiger partial charge >= 0.3 is 0 Å². The molecule has 1 aliphatic heterocycles. The molecule has 0 N–H and O–H groups in total. The normalized spacial score (nSPS) is 26.8. The molecule has 1 saturated carbocycles. The highest BCUT2D eigenvalue weighted by Gasteiger charge is 2.42. The van der Waals surface area contributed by atoms with Gasteiger partial charge in [-0.25, -0.2) is 8.42 Å². The fourth-order valence-electron chi connectivity index (χ4n) is 3.60. The van der Waals surface area contributed by atoms with Crippen molar-refractivity contribution in [2.45, 2.75) is 43.0 Å². The lowest BCUT2D eigenvalue weighted by Crippen LogP contribution is -2.46. The smallest absolute Gasteiger partial charge is 0.207 e. The summed E-state index contributed by atoms with van der Waals surface area (Å²) in [5, 5.41) is 0.351. The Labute approximate surface area is 143 Å². The summed E-state index contributed by atoms with van der Waals surface area (Å²) in [5.41, 5.74) is 0. The van der Waals surface area contributed by atoms with Gasteiger partial charge in [-0.3, -0.25) is 0 Å². The predicted octanol–water partition coefficient (Wildman–Crippen LogP) is 4.71. The first-order valence-electron chi connectivity index (χ1n) is 7.07. The van der Waals surface area contributed by atoms with E-state index in [1.165, 1.54) is 0 Å². The van der Waals surface area contributed by atoms with Crippen LogP contribution in [0.5, 0.6) is 0 Å². The van der Waals surface area contributed by atoms with Gasteiger partial charge in [-0.2, -0.15) is 4.31 Å². The van der Waals surface area contributed by atoms with Gasteiger partial charge in [-0.1, -0.05) is 45.6 Å². The van der Waals surface area contributed by atoms with Crippen LogP contribution in [0.25, 0.3) is 0 Å². The van der Waals surface area contributed by atoms with Crippen molar-refractivity contribution in [3.8, 4) is 0 Å². The second-order valence-electron chi connectivity index (χ2n) is 5.71. The minimum atomic E-state index is -3.65. The number of benzene rings is 1. The molecular formula is C14H16BrCl2NO2S. The van der Waals surface area contributed by atoms with Crippen LogP contribution in [-0.4, -0.2) is 25.3 Å². The fourth-order valence-corrected chi connectivity index (χ4v) is 7.24. The van der Waals surface area contributed by atoms with Crippen LogP contribution in [0.4, 0.5) is 0 Å². The number of nitrogens with zero attached hydrogens (tertiary/aromatic N) is 1. The van der Waals surface area contributed by atoms with Gasteiger partial charge in [-0.15, -0.1) is 0 Å². The van der Waals surface area contributed by atoms with Gasteiger partial charge in [0, 0.05) is 17.1 Å². The van der Waals surface area contributed by atoms with Gasteiger partial charge in [0.05, 0.1) is 10.0 Å². The molecule has 21 heavy (non-hydrogen) atoms. The van der Waals surface area contributed by atoms with E-state index in [0.29, 0.717) is 16.9 Å². The largest absolute Gasteiger partial charge is 0.246 e. The molecule has 2 unspecified atom stereocenters. The zero-order valence-electron chi connectivity index (χ0n) is 11.4. The Morgan fingerprint density at radius 2 is 1.71 bits per heavy atom. The Morgan fingerprint density at radius 3 is 2.38 bits per heavy atom. The second kappa shape index (κ2) is 6.00. The molecule has 1 aromatic rings. The summed E-state index contributed by atoms with van der Waals surface area (Å²) >= 11 is 15.6. The van der Waals surface area contributed by atoms with Gasteiger partial charge in [0.1, 0.15) is 4.90 Å². The first-order valence-corrected chi connectivity index (χ1v) is 10.1. The van der Waals surface area contributed by atoms with Gasteiger partial charge in [-0.05, 0) is 43.7 Å². The molecule has 7 heteroatoms. The molecule has 2 atom stereocenters. The van der Waals surface area contributed by atoms with E-state index in [2.05, 4.69) is 15.9 Å². The minimum absolute atomic E-state index is 0.0431. The van der Waals surface area contributed by atoms with Crippen molar-refractivity contribution in [2.24, 2.45) is 5.92 Å². The molecule has 0 radical (unpaired) electrons. The zero-order valence-corrected chi connectivity index (χ0v) is 15.3. The Bertz CT molecular complexity index is 642. The Kier molecular flexibility index (Phi) is 4.59. The molecule has 1 saturated heterocycles. The molecule has 3 rings (SSSR count). The summed E-state index contributed by atoms with van der Waals surface area (Å²) in [7, 11) is -3.65. The molecule has 0 amide bonds. The summed E-state index contributed by atoms with van der Waals surface area (Å²) in [6.45, 7) is 0.562. The quantitative estimate of drug-likeness (QED) is 0.705. The first-order chi connectivity index (χ1) is 9.91. The highest BCUT2D eigenvalue weighted by Crippen LogP contribution is 2.42. The lowest BCUT2D eigenvalue weighted by molar-refractivity contribution is 0.202. The number of fused-ring (bicyclic) bond motifs is 1. The Balaban J connectivity index is 2.04. The van der Waals surface area contributed by atoms with Crippen molar-refractivity contribution >= 4 is 49.2 Å². The fraction of sp³-hybridized carbons (Fsp3) is 0.571. The van der Waals surface area contributed by atoms with Crippen LogP contribution in [-0.2, 0) is 10.0 Å². The van der Waals surface area contributed by atoms with E-state index in [-0.39, 0.29) is 21.0 Å². The second-order valence-corrected chi connectivity index (χ2v) is 9.27. The van der Waals surface area contributed by atoms with E-state index < -0.39 is 10.0 Å². The molecule has 0 aromatic heterocycles. The summed E-state index contributed by atoms with van der Waals surface area (Å²) in [6.07, 6.45) is 5.20. The van der Waals surface area contributed by atoms with E-state index >= 15 is 0 Å². The summed E-state index contributed by atoms with van der Waals surface area (Å²) in [4.78, 5) is 0.0431. The first kappa shape index (κ1) is 16.1. The van der Waals surface area contributed by atoms with Gasteiger partial charge in [0.15, 0.2) is 0 Å². The van der Waals surface area contributed by atoms with Crippen LogP contribution in [0, 0.1) is 5.92 Å². The highest BCUT2D eigenvalue weighted by atomic mass is 79.9. The third-order valence-electron chi connectivity index (χ3n) is 4.47.